The van der Waals surface area contributed by atoms with Gasteiger partial charge in [0.1, 0.15) is 0 Å². The van der Waals surface area contributed by atoms with Crippen LogP contribution in [0.3, 0.4) is 0 Å². The standard InChI is InChI=1S/C13H26O7S/c1-2-3-5-18-6-7-19-8-9-20-10-12-21(16,17)11-4-13(14)15/h2-12H2,1H3,(H,14,15). The maximum Gasteiger partial charge on any atom is 0.304 e. The van der Waals surface area contributed by atoms with Gasteiger partial charge in [-0.1, -0.05) is 13.3 Å². The molecule has 0 rings (SSSR count). The second-order valence-corrected chi connectivity index (χ2v) is 6.79. The number of hydrogen-bond donors (Lipinski definition) is 1. The third-order valence-corrected chi connectivity index (χ3v) is 4.17. The van der Waals surface area contributed by atoms with Crippen LogP contribution in [-0.4, -0.2) is 70.6 Å². The van der Waals surface area contributed by atoms with E-state index in [2.05, 4.69) is 6.92 Å². The number of rotatable bonds is 15. The smallest absolute Gasteiger partial charge is 0.304 e. The molecule has 0 spiro atoms. The van der Waals surface area contributed by atoms with E-state index in [0.717, 1.165) is 19.4 Å². The first kappa shape index (κ1) is 20.3. The summed E-state index contributed by atoms with van der Waals surface area (Å²) in [6, 6.07) is 0. The average Bonchev–Trinajstić information content (AvgIpc) is 2.43. The van der Waals surface area contributed by atoms with Crippen molar-refractivity contribution in [2.45, 2.75) is 26.2 Å². The highest BCUT2D eigenvalue weighted by Crippen LogP contribution is 1.95. The fourth-order valence-corrected chi connectivity index (χ4v) is 2.38. The highest BCUT2D eigenvalue weighted by atomic mass is 32.2. The summed E-state index contributed by atoms with van der Waals surface area (Å²) in [5.74, 6) is -1.63. The van der Waals surface area contributed by atoms with Gasteiger partial charge in [-0.05, 0) is 6.42 Å². The van der Waals surface area contributed by atoms with Gasteiger partial charge < -0.3 is 19.3 Å². The molecule has 0 amide bonds. The van der Waals surface area contributed by atoms with Crippen molar-refractivity contribution in [1.82, 2.24) is 0 Å². The van der Waals surface area contributed by atoms with E-state index in [-0.39, 0.29) is 24.5 Å². The molecule has 0 atom stereocenters. The summed E-state index contributed by atoms with van der Waals surface area (Å²) in [4.78, 5) is 10.3. The Kier molecular flexibility index (Phi) is 12.6. The number of carboxylic acids is 1. The van der Waals surface area contributed by atoms with Gasteiger partial charge in [0.25, 0.3) is 0 Å². The summed E-state index contributed by atoms with van der Waals surface area (Å²) in [6.07, 6.45) is 1.77. The predicted molar refractivity (Wildman–Crippen MR) is 78.3 cm³/mol. The molecule has 0 aliphatic rings. The van der Waals surface area contributed by atoms with Crippen LogP contribution in [0.2, 0.25) is 0 Å². The molecule has 7 nitrogen and oxygen atoms in total. The lowest BCUT2D eigenvalue weighted by atomic mass is 10.4. The molecule has 0 aromatic carbocycles. The third kappa shape index (κ3) is 15.5. The highest BCUT2D eigenvalue weighted by molar-refractivity contribution is 7.91. The Morgan fingerprint density at radius 3 is 1.95 bits per heavy atom. The van der Waals surface area contributed by atoms with Crippen LogP contribution in [-0.2, 0) is 28.8 Å². The minimum absolute atomic E-state index is 0.0539. The van der Waals surface area contributed by atoms with Crippen molar-refractivity contribution >= 4 is 15.8 Å². The van der Waals surface area contributed by atoms with Gasteiger partial charge in [-0.3, -0.25) is 4.79 Å². The molecule has 0 radical (unpaired) electrons. The van der Waals surface area contributed by atoms with Gasteiger partial charge in [-0.25, -0.2) is 8.42 Å². The first-order valence-electron chi connectivity index (χ1n) is 7.13. The molecule has 0 saturated heterocycles. The molecule has 0 saturated carbocycles. The quantitative estimate of drug-likeness (QED) is 0.443. The molecular weight excluding hydrogens is 300 g/mol. The lowest BCUT2D eigenvalue weighted by molar-refractivity contribution is -0.136. The Bertz CT molecular complexity index is 354. The first-order chi connectivity index (χ1) is 9.98. The Hall–Kier alpha value is -0.700. The van der Waals surface area contributed by atoms with E-state index in [9.17, 15) is 13.2 Å². The Balaban J connectivity index is 3.33. The molecular formula is C13H26O7S. The zero-order valence-corrected chi connectivity index (χ0v) is 13.4. The number of carbonyl (C=O) groups is 1. The number of sulfone groups is 1. The van der Waals surface area contributed by atoms with Crippen molar-refractivity contribution in [2.24, 2.45) is 0 Å². The fourth-order valence-electron chi connectivity index (χ4n) is 1.32. The van der Waals surface area contributed by atoms with E-state index >= 15 is 0 Å². The Morgan fingerprint density at radius 1 is 0.905 bits per heavy atom. The van der Waals surface area contributed by atoms with E-state index in [4.69, 9.17) is 19.3 Å². The van der Waals surface area contributed by atoms with Crippen LogP contribution in [0.5, 0.6) is 0 Å². The van der Waals surface area contributed by atoms with Gasteiger partial charge in [0, 0.05) is 6.61 Å². The minimum atomic E-state index is -3.35. The van der Waals surface area contributed by atoms with Gasteiger partial charge in [0.05, 0.1) is 51.0 Å². The Morgan fingerprint density at radius 2 is 1.43 bits per heavy atom. The summed E-state index contributed by atoms with van der Waals surface area (Å²) in [5.41, 5.74) is 0. The number of ether oxygens (including phenoxy) is 3. The second kappa shape index (κ2) is 13.0. The van der Waals surface area contributed by atoms with Gasteiger partial charge in [0.15, 0.2) is 9.84 Å². The van der Waals surface area contributed by atoms with E-state index in [1.807, 2.05) is 0 Å². The first-order valence-corrected chi connectivity index (χ1v) is 8.95. The summed E-state index contributed by atoms with van der Waals surface area (Å²) < 4.78 is 38.5. The van der Waals surface area contributed by atoms with Crippen LogP contribution in [0.25, 0.3) is 0 Å². The van der Waals surface area contributed by atoms with Crippen molar-refractivity contribution in [1.29, 1.82) is 0 Å². The lowest BCUT2D eigenvalue weighted by Gasteiger charge is -2.07. The SMILES string of the molecule is CCCCOCCOCCOCCS(=O)(=O)CCC(=O)O. The molecule has 0 aliphatic heterocycles. The number of unbranched alkanes of at least 4 members (excludes halogenated alkanes) is 1. The van der Waals surface area contributed by atoms with Crippen molar-refractivity contribution in [3.05, 3.63) is 0 Å². The molecule has 21 heavy (non-hydrogen) atoms. The molecule has 0 bridgehead atoms. The van der Waals surface area contributed by atoms with E-state index < -0.39 is 15.8 Å². The minimum Gasteiger partial charge on any atom is -0.481 e. The van der Waals surface area contributed by atoms with E-state index in [1.54, 1.807) is 0 Å². The van der Waals surface area contributed by atoms with Gasteiger partial charge >= 0.3 is 5.97 Å². The molecule has 126 valence electrons. The summed E-state index contributed by atoms with van der Waals surface area (Å²) >= 11 is 0. The molecule has 0 aliphatic carbocycles. The Labute approximate surface area is 126 Å². The maximum atomic E-state index is 11.4. The summed E-state index contributed by atoms with van der Waals surface area (Å²) in [7, 11) is -3.35. The molecule has 0 unspecified atom stereocenters. The molecule has 8 heteroatoms. The second-order valence-electron chi connectivity index (χ2n) is 4.49. The van der Waals surface area contributed by atoms with Crippen LogP contribution >= 0.6 is 0 Å². The van der Waals surface area contributed by atoms with Crippen LogP contribution < -0.4 is 0 Å². The number of hydrogen-bond acceptors (Lipinski definition) is 6. The zero-order valence-electron chi connectivity index (χ0n) is 12.6. The van der Waals surface area contributed by atoms with Crippen LogP contribution in [0.15, 0.2) is 0 Å². The van der Waals surface area contributed by atoms with Gasteiger partial charge in [-0.2, -0.15) is 0 Å². The number of aliphatic carboxylic acids is 1. The van der Waals surface area contributed by atoms with Gasteiger partial charge in [-0.15, -0.1) is 0 Å². The van der Waals surface area contributed by atoms with E-state index in [1.165, 1.54) is 0 Å². The zero-order chi connectivity index (χ0) is 16.0. The van der Waals surface area contributed by atoms with Crippen LogP contribution in [0.4, 0.5) is 0 Å². The normalized spacial score (nSPS) is 11.7. The van der Waals surface area contributed by atoms with Crippen molar-refractivity contribution in [3.63, 3.8) is 0 Å². The molecule has 1 N–H and O–H groups in total. The van der Waals surface area contributed by atoms with Crippen molar-refractivity contribution in [2.75, 3.05) is 51.1 Å². The van der Waals surface area contributed by atoms with Crippen LogP contribution in [0, 0.1) is 0 Å². The predicted octanol–water partition coefficient (Wildman–Crippen LogP) is 0.726. The van der Waals surface area contributed by atoms with Crippen molar-refractivity contribution in [3.8, 4) is 0 Å². The molecule has 0 fully saturated rings. The van der Waals surface area contributed by atoms with Crippen LogP contribution in [0.1, 0.15) is 26.2 Å². The van der Waals surface area contributed by atoms with E-state index in [0.29, 0.717) is 26.4 Å². The maximum absolute atomic E-state index is 11.4. The third-order valence-electron chi connectivity index (χ3n) is 2.55. The van der Waals surface area contributed by atoms with Crippen molar-refractivity contribution < 1.29 is 32.5 Å². The average molecular weight is 326 g/mol. The monoisotopic (exact) mass is 326 g/mol. The van der Waals surface area contributed by atoms with Gasteiger partial charge in [0.2, 0.25) is 0 Å². The topological polar surface area (TPSA) is 99.1 Å². The largest absolute Gasteiger partial charge is 0.481 e. The molecule has 0 heterocycles. The highest BCUT2D eigenvalue weighted by Gasteiger charge is 2.12. The fraction of sp³-hybridized carbons (Fsp3) is 0.923. The molecule has 0 aromatic heterocycles. The molecule has 0 aromatic rings. The summed E-state index contributed by atoms with van der Waals surface area (Å²) in [6.45, 7) is 4.62. The summed E-state index contributed by atoms with van der Waals surface area (Å²) in [5, 5.41) is 8.41. The number of carboxylic acid groups (broad SMARTS) is 1. The lowest BCUT2D eigenvalue weighted by Crippen LogP contribution is -2.19.